The van der Waals surface area contributed by atoms with Crippen LogP contribution >= 0.6 is 0 Å². The molecule has 1 saturated heterocycles. The van der Waals surface area contributed by atoms with Crippen LogP contribution in [0.2, 0.25) is 0 Å². The molecule has 1 aliphatic carbocycles. The maximum absolute atomic E-state index is 13.0. The van der Waals surface area contributed by atoms with Gasteiger partial charge in [-0.1, -0.05) is 0 Å². The Bertz CT molecular complexity index is 1370. The Hall–Kier alpha value is -3.50. The molecule has 3 atom stereocenters. The summed E-state index contributed by atoms with van der Waals surface area (Å²) in [6.07, 6.45) is 8.45. The van der Waals surface area contributed by atoms with E-state index in [-0.39, 0.29) is 18.0 Å². The third kappa shape index (κ3) is 3.41. The summed E-state index contributed by atoms with van der Waals surface area (Å²) < 4.78 is 9.55. The average molecular weight is 462 g/mol. The molecule has 2 aliphatic rings. The molecular weight excluding hydrogens is 434 g/mol. The van der Waals surface area contributed by atoms with Crippen molar-refractivity contribution < 1.29 is 14.6 Å². The van der Waals surface area contributed by atoms with Crippen molar-refractivity contribution in [2.75, 3.05) is 25.6 Å². The number of aromatic nitrogens is 5. The molecule has 1 amide bonds. The molecule has 6 rings (SSSR count). The quantitative estimate of drug-likeness (QED) is 0.418. The first kappa shape index (κ1) is 21.1. The normalized spacial score (nSPS) is 22.6. The van der Waals surface area contributed by atoms with Crippen LogP contribution in [0, 0.1) is 0 Å². The van der Waals surface area contributed by atoms with E-state index in [0.717, 1.165) is 48.2 Å². The molecule has 5 heterocycles. The van der Waals surface area contributed by atoms with Crippen molar-refractivity contribution in [1.29, 1.82) is 0 Å². The number of hydrogen-bond donors (Lipinski definition) is 3. The van der Waals surface area contributed by atoms with E-state index in [0.29, 0.717) is 30.1 Å². The molecule has 4 aromatic heterocycles. The van der Waals surface area contributed by atoms with Crippen molar-refractivity contribution >= 4 is 28.4 Å². The van der Waals surface area contributed by atoms with Gasteiger partial charge in [0.15, 0.2) is 5.65 Å². The van der Waals surface area contributed by atoms with Crippen LogP contribution in [-0.2, 0) is 4.74 Å². The number of fused-ring (bicyclic) bond motifs is 2. The molecule has 0 unspecified atom stereocenters. The minimum absolute atomic E-state index is 0.220. The smallest absolute Gasteiger partial charge is 0.257 e. The zero-order valence-corrected chi connectivity index (χ0v) is 18.9. The van der Waals surface area contributed by atoms with Crippen LogP contribution in [-0.4, -0.2) is 67.6 Å². The lowest BCUT2D eigenvalue weighted by Gasteiger charge is -2.32. The minimum atomic E-state index is -0.496. The van der Waals surface area contributed by atoms with Crippen LogP contribution in [0.5, 0.6) is 0 Å². The van der Waals surface area contributed by atoms with Gasteiger partial charge in [0.2, 0.25) is 0 Å². The maximum atomic E-state index is 13.0. The average Bonchev–Trinajstić information content (AvgIpc) is 3.48. The Morgan fingerprint density at radius 2 is 2.18 bits per heavy atom. The minimum Gasteiger partial charge on any atom is -0.391 e. The van der Waals surface area contributed by atoms with Crippen molar-refractivity contribution in [2.45, 2.75) is 43.9 Å². The molecule has 1 saturated carbocycles. The van der Waals surface area contributed by atoms with E-state index >= 15 is 0 Å². The monoisotopic (exact) mass is 461 g/mol. The van der Waals surface area contributed by atoms with Gasteiger partial charge in [-0.05, 0) is 37.8 Å². The predicted octanol–water partition coefficient (Wildman–Crippen LogP) is 2.39. The summed E-state index contributed by atoms with van der Waals surface area (Å²) in [7, 11) is 1.81. The highest BCUT2D eigenvalue weighted by Gasteiger charge is 2.31. The maximum Gasteiger partial charge on any atom is 0.257 e. The molecular formula is C24H27N7O3. The molecule has 10 heteroatoms. The largest absolute Gasteiger partial charge is 0.391 e. The molecule has 176 valence electrons. The number of hydrogen-bond acceptors (Lipinski definition) is 7. The van der Waals surface area contributed by atoms with E-state index in [1.54, 1.807) is 10.7 Å². The second kappa shape index (κ2) is 8.37. The Labute approximate surface area is 196 Å². The molecule has 34 heavy (non-hydrogen) atoms. The van der Waals surface area contributed by atoms with Gasteiger partial charge in [-0.25, -0.2) is 9.97 Å². The van der Waals surface area contributed by atoms with Crippen LogP contribution in [0.15, 0.2) is 36.8 Å². The summed E-state index contributed by atoms with van der Waals surface area (Å²) in [4.78, 5) is 22.5. The summed E-state index contributed by atoms with van der Waals surface area (Å²) in [5.74, 6) is 0.433. The van der Waals surface area contributed by atoms with Gasteiger partial charge in [-0.15, -0.1) is 0 Å². The molecule has 1 aliphatic heterocycles. The fourth-order valence-electron chi connectivity index (χ4n) is 4.84. The number of pyridine rings is 1. The van der Waals surface area contributed by atoms with Gasteiger partial charge >= 0.3 is 0 Å². The standard InChI is InChI=1S/C24H27N7O3/c1-25-21-10-19(28-23-16(11-27-31(21)23)24(33)29-18-6-7-20(18)32)17-12-30(14-4-3-9-34-13-14)22-15(17)5-2-8-26-22/h2,5,8,10-12,14,18,20,25,32H,3-4,6-7,9,13H2,1H3,(H,29,33)/t14-,18+,20-/m0/s1. The molecule has 0 bridgehead atoms. The number of carbonyl (C=O) groups is 1. The third-order valence-electron chi connectivity index (χ3n) is 6.92. The highest BCUT2D eigenvalue weighted by atomic mass is 16.5. The van der Waals surface area contributed by atoms with E-state index in [9.17, 15) is 9.90 Å². The van der Waals surface area contributed by atoms with Gasteiger partial charge in [0, 0.05) is 43.1 Å². The second-order valence-electron chi connectivity index (χ2n) is 8.99. The topological polar surface area (TPSA) is 119 Å². The number of nitrogens with zero attached hydrogens (tertiary/aromatic N) is 5. The fourth-order valence-corrected chi connectivity index (χ4v) is 4.84. The molecule has 0 spiro atoms. The molecule has 10 nitrogen and oxygen atoms in total. The summed E-state index contributed by atoms with van der Waals surface area (Å²) >= 11 is 0. The first-order chi connectivity index (χ1) is 16.6. The van der Waals surface area contributed by atoms with Crippen LogP contribution in [0.1, 0.15) is 42.1 Å². The van der Waals surface area contributed by atoms with Gasteiger partial charge in [0.25, 0.3) is 5.91 Å². The summed E-state index contributed by atoms with van der Waals surface area (Å²) in [5.41, 5.74) is 3.39. The van der Waals surface area contributed by atoms with Crippen molar-refractivity contribution in [3.05, 3.63) is 42.4 Å². The number of anilines is 1. The second-order valence-corrected chi connectivity index (χ2v) is 8.99. The Morgan fingerprint density at radius 1 is 1.26 bits per heavy atom. The summed E-state index contributed by atoms with van der Waals surface area (Å²) in [6, 6.07) is 5.90. The number of aliphatic hydroxyl groups excluding tert-OH is 1. The third-order valence-corrected chi connectivity index (χ3v) is 6.92. The van der Waals surface area contributed by atoms with Gasteiger partial charge in [-0.2, -0.15) is 9.61 Å². The highest BCUT2D eigenvalue weighted by molar-refractivity contribution is 6.01. The summed E-state index contributed by atoms with van der Waals surface area (Å²) in [6.45, 7) is 1.46. The van der Waals surface area contributed by atoms with Crippen LogP contribution < -0.4 is 10.6 Å². The first-order valence-electron chi connectivity index (χ1n) is 11.7. The van der Waals surface area contributed by atoms with Crippen molar-refractivity contribution in [1.82, 2.24) is 29.5 Å². The SMILES string of the molecule is CNc1cc(-c2cn([C@H]3CCCOC3)c3ncccc23)nc2c(C(=O)N[C@@H]3CC[C@@H]3O)cnn12. The van der Waals surface area contributed by atoms with Crippen LogP contribution in [0.4, 0.5) is 5.82 Å². The highest BCUT2D eigenvalue weighted by Crippen LogP contribution is 2.34. The van der Waals surface area contributed by atoms with E-state index < -0.39 is 6.10 Å². The predicted molar refractivity (Wildman–Crippen MR) is 127 cm³/mol. The number of nitrogens with one attached hydrogen (secondary N) is 2. The van der Waals surface area contributed by atoms with Crippen molar-refractivity contribution in [2.24, 2.45) is 0 Å². The van der Waals surface area contributed by atoms with E-state index in [2.05, 4.69) is 31.5 Å². The van der Waals surface area contributed by atoms with Crippen molar-refractivity contribution in [3.8, 4) is 11.3 Å². The molecule has 0 radical (unpaired) electrons. The lowest BCUT2D eigenvalue weighted by atomic mass is 9.89. The van der Waals surface area contributed by atoms with E-state index in [1.165, 1.54) is 6.20 Å². The number of amides is 1. The van der Waals surface area contributed by atoms with Crippen LogP contribution in [0.25, 0.3) is 27.9 Å². The summed E-state index contributed by atoms with van der Waals surface area (Å²) in [5, 5.41) is 21.3. The van der Waals surface area contributed by atoms with Gasteiger partial charge in [-0.3, -0.25) is 4.79 Å². The number of ether oxygens (including phenoxy) is 1. The lowest BCUT2D eigenvalue weighted by Crippen LogP contribution is -2.50. The number of aliphatic hydroxyl groups is 1. The zero-order chi connectivity index (χ0) is 23.2. The molecule has 2 fully saturated rings. The van der Waals surface area contributed by atoms with Crippen LogP contribution in [0.3, 0.4) is 0 Å². The molecule has 4 aromatic rings. The van der Waals surface area contributed by atoms with Gasteiger partial charge < -0.3 is 25.0 Å². The Balaban J connectivity index is 1.46. The Morgan fingerprint density at radius 3 is 2.91 bits per heavy atom. The Kier molecular flexibility index (Phi) is 5.19. The first-order valence-corrected chi connectivity index (χ1v) is 11.7. The number of rotatable bonds is 5. The molecule has 3 N–H and O–H groups in total. The van der Waals surface area contributed by atoms with Crippen molar-refractivity contribution in [3.63, 3.8) is 0 Å². The van der Waals surface area contributed by atoms with Gasteiger partial charge in [0.1, 0.15) is 17.0 Å². The fraction of sp³-hybridized carbons (Fsp3) is 0.417. The zero-order valence-electron chi connectivity index (χ0n) is 18.9. The van der Waals surface area contributed by atoms with E-state index in [1.807, 2.05) is 25.2 Å². The molecule has 0 aromatic carbocycles. The lowest BCUT2D eigenvalue weighted by molar-refractivity contribution is 0.0448. The van der Waals surface area contributed by atoms with E-state index in [4.69, 9.17) is 9.72 Å². The number of carbonyl (C=O) groups excluding carboxylic acids is 1. The van der Waals surface area contributed by atoms with Gasteiger partial charge in [0.05, 0.1) is 36.7 Å².